The molecule has 0 aromatic carbocycles. The van der Waals surface area contributed by atoms with E-state index in [1.54, 1.807) is 0 Å². The third-order valence-corrected chi connectivity index (χ3v) is 4.98. The van der Waals surface area contributed by atoms with Crippen LogP contribution in [0.1, 0.15) is 77.6 Å². The zero-order valence-corrected chi connectivity index (χ0v) is 11.6. The van der Waals surface area contributed by atoms with Gasteiger partial charge in [-0.2, -0.15) is 0 Å². The molecule has 0 atom stereocenters. The third-order valence-electron chi connectivity index (χ3n) is 4.98. The molecule has 0 heterocycles. The summed E-state index contributed by atoms with van der Waals surface area (Å²) in [6.45, 7) is 3.52. The molecule has 2 heteroatoms. The van der Waals surface area contributed by atoms with Gasteiger partial charge in [0.15, 0.2) is 0 Å². The standard InChI is InChI=1S/C15H30N2/c1-14(8-4-2-5-9-14)17-13-12-15(16)10-6-3-7-11-15/h17H,2-13,16H2,1H3. The van der Waals surface area contributed by atoms with Crippen LogP contribution in [0.4, 0.5) is 0 Å². The predicted octanol–water partition coefficient (Wildman–Crippen LogP) is 3.35. The van der Waals surface area contributed by atoms with Gasteiger partial charge >= 0.3 is 0 Å². The molecular formula is C15H30N2. The van der Waals surface area contributed by atoms with E-state index in [-0.39, 0.29) is 5.54 Å². The molecule has 0 unspecified atom stereocenters. The van der Waals surface area contributed by atoms with Gasteiger partial charge in [0, 0.05) is 11.1 Å². The molecule has 2 aliphatic rings. The van der Waals surface area contributed by atoms with Crippen LogP contribution in [0.3, 0.4) is 0 Å². The van der Waals surface area contributed by atoms with Gasteiger partial charge in [-0.1, -0.05) is 38.5 Å². The summed E-state index contributed by atoms with van der Waals surface area (Å²) >= 11 is 0. The minimum Gasteiger partial charge on any atom is -0.325 e. The van der Waals surface area contributed by atoms with Crippen LogP contribution in [0.5, 0.6) is 0 Å². The Morgan fingerprint density at radius 2 is 1.41 bits per heavy atom. The smallest absolute Gasteiger partial charge is 0.0166 e. The van der Waals surface area contributed by atoms with Crippen molar-refractivity contribution < 1.29 is 0 Å². The van der Waals surface area contributed by atoms with E-state index in [9.17, 15) is 0 Å². The zero-order valence-electron chi connectivity index (χ0n) is 11.6. The van der Waals surface area contributed by atoms with Crippen molar-refractivity contribution in [3.8, 4) is 0 Å². The fourth-order valence-electron chi connectivity index (χ4n) is 3.63. The molecule has 3 N–H and O–H groups in total. The van der Waals surface area contributed by atoms with E-state index >= 15 is 0 Å². The van der Waals surface area contributed by atoms with Crippen LogP contribution in [-0.4, -0.2) is 17.6 Å². The molecule has 2 fully saturated rings. The highest BCUT2D eigenvalue weighted by Gasteiger charge is 2.29. The number of hydrogen-bond donors (Lipinski definition) is 2. The number of rotatable bonds is 4. The van der Waals surface area contributed by atoms with Gasteiger partial charge in [-0.15, -0.1) is 0 Å². The molecule has 0 radical (unpaired) electrons. The Kier molecular flexibility index (Phi) is 4.48. The number of nitrogens with two attached hydrogens (primary N) is 1. The molecule has 0 saturated heterocycles. The zero-order chi connectivity index (χ0) is 12.2. The lowest BCUT2D eigenvalue weighted by Gasteiger charge is -2.38. The van der Waals surface area contributed by atoms with Crippen LogP contribution >= 0.6 is 0 Å². The second-order valence-corrected chi connectivity index (χ2v) is 6.72. The van der Waals surface area contributed by atoms with Crippen LogP contribution in [0, 0.1) is 0 Å². The molecule has 0 aromatic rings. The van der Waals surface area contributed by atoms with Gasteiger partial charge < -0.3 is 11.1 Å². The van der Waals surface area contributed by atoms with Crippen molar-refractivity contribution in [3.05, 3.63) is 0 Å². The fraction of sp³-hybridized carbons (Fsp3) is 1.00. The normalized spacial score (nSPS) is 27.9. The SMILES string of the molecule is CC1(NCCC2(N)CCCCC2)CCCCC1. The Hall–Kier alpha value is -0.0800. The topological polar surface area (TPSA) is 38.0 Å². The first-order chi connectivity index (χ1) is 8.12. The lowest BCUT2D eigenvalue weighted by molar-refractivity contribution is 0.225. The summed E-state index contributed by atoms with van der Waals surface area (Å²) in [6, 6.07) is 0. The molecule has 2 aliphatic carbocycles. The second-order valence-electron chi connectivity index (χ2n) is 6.72. The average molecular weight is 238 g/mol. The van der Waals surface area contributed by atoms with Gasteiger partial charge in [0.25, 0.3) is 0 Å². The lowest BCUT2D eigenvalue weighted by atomic mass is 9.79. The van der Waals surface area contributed by atoms with Gasteiger partial charge in [0.05, 0.1) is 0 Å². The predicted molar refractivity (Wildman–Crippen MR) is 74.1 cm³/mol. The highest BCUT2D eigenvalue weighted by molar-refractivity contribution is 4.91. The molecule has 2 nitrogen and oxygen atoms in total. The highest BCUT2D eigenvalue weighted by atomic mass is 15.0. The van der Waals surface area contributed by atoms with E-state index in [0.717, 1.165) is 6.54 Å². The van der Waals surface area contributed by atoms with E-state index in [4.69, 9.17) is 5.73 Å². The number of nitrogens with one attached hydrogen (secondary N) is 1. The van der Waals surface area contributed by atoms with Crippen molar-refractivity contribution >= 4 is 0 Å². The molecular weight excluding hydrogens is 208 g/mol. The van der Waals surface area contributed by atoms with Crippen molar-refractivity contribution in [2.75, 3.05) is 6.54 Å². The molecule has 0 aliphatic heterocycles. The van der Waals surface area contributed by atoms with Crippen molar-refractivity contribution in [1.82, 2.24) is 5.32 Å². The molecule has 2 rings (SSSR count). The van der Waals surface area contributed by atoms with E-state index < -0.39 is 0 Å². The first-order valence-electron chi connectivity index (χ1n) is 7.66. The highest BCUT2D eigenvalue weighted by Crippen LogP contribution is 2.30. The minimum absolute atomic E-state index is 0.149. The minimum atomic E-state index is 0.149. The van der Waals surface area contributed by atoms with Gasteiger partial charge in [0.1, 0.15) is 0 Å². The van der Waals surface area contributed by atoms with Crippen LogP contribution in [0.2, 0.25) is 0 Å². The molecule has 17 heavy (non-hydrogen) atoms. The summed E-state index contributed by atoms with van der Waals surface area (Å²) in [7, 11) is 0. The molecule has 0 spiro atoms. The van der Waals surface area contributed by atoms with Crippen molar-refractivity contribution in [1.29, 1.82) is 0 Å². The maximum atomic E-state index is 6.48. The molecule has 100 valence electrons. The number of hydrogen-bond acceptors (Lipinski definition) is 2. The van der Waals surface area contributed by atoms with Gasteiger partial charge in [0.2, 0.25) is 0 Å². The first-order valence-corrected chi connectivity index (χ1v) is 7.66. The Bertz CT molecular complexity index is 201. The van der Waals surface area contributed by atoms with Crippen LogP contribution in [0.25, 0.3) is 0 Å². The summed E-state index contributed by atoms with van der Waals surface area (Å²) in [4.78, 5) is 0. The van der Waals surface area contributed by atoms with Gasteiger partial charge in [-0.3, -0.25) is 0 Å². The quantitative estimate of drug-likeness (QED) is 0.788. The summed E-state index contributed by atoms with van der Waals surface area (Å²) in [5, 5.41) is 3.79. The lowest BCUT2D eigenvalue weighted by Crippen LogP contribution is -2.49. The molecule has 2 saturated carbocycles. The van der Waals surface area contributed by atoms with E-state index in [0.29, 0.717) is 5.54 Å². The van der Waals surface area contributed by atoms with E-state index in [1.165, 1.54) is 70.6 Å². The fourth-order valence-corrected chi connectivity index (χ4v) is 3.63. The van der Waals surface area contributed by atoms with E-state index in [1.807, 2.05) is 0 Å². The monoisotopic (exact) mass is 238 g/mol. The Balaban J connectivity index is 1.70. The summed E-state index contributed by atoms with van der Waals surface area (Å²) in [6.07, 6.45) is 14.7. The largest absolute Gasteiger partial charge is 0.325 e. The van der Waals surface area contributed by atoms with Crippen LogP contribution < -0.4 is 11.1 Å². The third kappa shape index (κ3) is 3.96. The van der Waals surface area contributed by atoms with Crippen LogP contribution in [-0.2, 0) is 0 Å². The van der Waals surface area contributed by atoms with Gasteiger partial charge in [-0.05, 0) is 45.6 Å². The molecule has 0 aromatic heterocycles. The van der Waals surface area contributed by atoms with E-state index in [2.05, 4.69) is 12.2 Å². The van der Waals surface area contributed by atoms with Crippen molar-refractivity contribution in [3.63, 3.8) is 0 Å². The van der Waals surface area contributed by atoms with Crippen molar-refractivity contribution in [2.45, 2.75) is 88.6 Å². The maximum absolute atomic E-state index is 6.48. The Morgan fingerprint density at radius 1 is 0.882 bits per heavy atom. The molecule has 0 amide bonds. The average Bonchev–Trinajstić information content (AvgIpc) is 2.30. The maximum Gasteiger partial charge on any atom is 0.0166 e. The first kappa shape index (κ1) is 13.4. The van der Waals surface area contributed by atoms with Crippen molar-refractivity contribution in [2.24, 2.45) is 5.73 Å². The van der Waals surface area contributed by atoms with Gasteiger partial charge in [-0.25, -0.2) is 0 Å². The summed E-state index contributed by atoms with van der Waals surface area (Å²) in [5.41, 5.74) is 7.03. The summed E-state index contributed by atoms with van der Waals surface area (Å²) in [5.74, 6) is 0. The second kappa shape index (κ2) is 5.71. The summed E-state index contributed by atoms with van der Waals surface area (Å²) < 4.78 is 0. The Morgan fingerprint density at radius 3 is 2.00 bits per heavy atom. The molecule has 0 bridgehead atoms. The Labute approximate surface area is 107 Å². The van der Waals surface area contributed by atoms with Crippen LogP contribution in [0.15, 0.2) is 0 Å².